The van der Waals surface area contributed by atoms with Gasteiger partial charge in [0.2, 0.25) is 5.89 Å². The minimum Gasteiger partial charge on any atom is -0.507 e. The molecule has 158 valence electrons. The molecule has 0 saturated carbocycles. The minimum absolute atomic E-state index is 0.00167. The van der Waals surface area contributed by atoms with Gasteiger partial charge in [0.1, 0.15) is 11.5 Å². The van der Waals surface area contributed by atoms with Gasteiger partial charge in [-0.25, -0.2) is 4.98 Å². The minimum atomic E-state index is -0.843. The average Bonchev–Trinajstić information content (AvgIpc) is 3.16. The number of aryl methyl sites for hydroxylation is 1. The van der Waals surface area contributed by atoms with E-state index in [0.717, 1.165) is 0 Å². The van der Waals surface area contributed by atoms with Gasteiger partial charge in [0.15, 0.2) is 17.3 Å². The highest BCUT2D eigenvalue weighted by molar-refractivity contribution is 6.35. The zero-order valence-corrected chi connectivity index (χ0v) is 18.0. The fourth-order valence-electron chi connectivity index (χ4n) is 2.96. The van der Waals surface area contributed by atoms with Gasteiger partial charge in [-0.1, -0.05) is 23.2 Å². The number of ether oxygens (including phenoxy) is 1. The van der Waals surface area contributed by atoms with Crippen molar-refractivity contribution < 1.29 is 19.1 Å². The largest absolute Gasteiger partial charge is 0.507 e. The summed E-state index contributed by atoms with van der Waals surface area (Å²) < 4.78 is 11.4. The van der Waals surface area contributed by atoms with Crippen LogP contribution in [0.3, 0.4) is 0 Å². The molecule has 2 aromatic heterocycles. The number of oxazole rings is 1. The molecule has 0 bridgehead atoms. The van der Waals surface area contributed by atoms with E-state index in [9.17, 15) is 9.90 Å². The Labute approximate surface area is 187 Å². The molecule has 0 fully saturated rings. The molecule has 2 N–H and O–H groups in total. The maximum atomic E-state index is 12.7. The molecular weight excluding hydrogens is 441 g/mol. The van der Waals surface area contributed by atoms with Crippen LogP contribution in [-0.4, -0.2) is 27.1 Å². The van der Waals surface area contributed by atoms with Crippen LogP contribution in [0.5, 0.6) is 11.5 Å². The number of amides is 1. The highest BCUT2D eigenvalue weighted by Gasteiger charge is 2.20. The molecule has 4 aromatic rings. The second kappa shape index (κ2) is 8.45. The number of rotatable bonds is 5. The van der Waals surface area contributed by atoms with Crippen molar-refractivity contribution in [2.75, 3.05) is 5.32 Å². The predicted octanol–water partition coefficient (Wildman–Crippen LogP) is 5.62. The molecule has 7 nitrogen and oxygen atoms in total. The summed E-state index contributed by atoms with van der Waals surface area (Å²) in [6.45, 7) is 3.31. The highest BCUT2D eigenvalue weighted by atomic mass is 35.5. The van der Waals surface area contributed by atoms with Gasteiger partial charge in [-0.2, -0.15) is 4.98 Å². The van der Waals surface area contributed by atoms with Crippen molar-refractivity contribution in [3.05, 3.63) is 64.3 Å². The first kappa shape index (κ1) is 21.0. The van der Waals surface area contributed by atoms with Crippen molar-refractivity contribution in [2.24, 2.45) is 0 Å². The number of carbonyl (C=O) groups is 1. The number of nitrogens with one attached hydrogen (secondary N) is 1. The second-order valence-electron chi connectivity index (χ2n) is 6.86. The molecule has 31 heavy (non-hydrogen) atoms. The lowest BCUT2D eigenvalue weighted by Gasteiger charge is -2.16. The van der Waals surface area contributed by atoms with E-state index in [4.69, 9.17) is 32.4 Å². The Bertz CT molecular complexity index is 1260. The zero-order valence-electron chi connectivity index (χ0n) is 16.5. The quantitative estimate of drug-likeness (QED) is 0.377. The van der Waals surface area contributed by atoms with Crippen molar-refractivity contribution in [1.82, 2.24) is 9.97 Å². The molecule has 0 spiro atoms. The van der Waals surface area contributed by atoms with Gasteiger partial charge in [0.25, 0.3) is 5.91 Å². The van der Waals surface area contributed by atoms with Crippen molar-refractivity contribution in [1.29, 1.82) is 0 Å². The number of phenolic OH excluding ortho intramolecular Hbond substituents is 1. The van der Waals surface area contributed by atoms with E-state index in [0.29, 0.717) is 43.8 Å². The van der Waals surface area contributed by atoms with Gasteiger partial charge in [0.05, 0.1) is 10.6 Å². The number of aromatic nitrogens is 2. The summed E-state index contributed by atoms with van der Waals surface area (Å²) in [6.07, 6.45) is 0.759. The lowest BCUT2D eigenvalue weighted by Crippen LogP contribution is -2.30. The Morgan fingerprint density at radius 3 is 2.77 bits per heavy atom. The summed E-state index contributed by atoms with van der Waals surface area (Å²) in [4.78, 5) is 21.1. The predicted molar refractivity (Wildman–Crippen MR) is 119 cm³/mol. The van der Waals surface area contributed by atoms with E-state index < -0.39 is 12.0 Å². The number of benzene rings is 2. The molecular formula is C22H17Cl2N3O4. The molecule has 4 rings (SSSR count). The Morgan fingerprint density at radius 2 is 2.03 bits per heavy atom. The van der Waals surface area contributed by atoms with Crippen LogP contribution in [0.15, 0.2) is 53.1 Å². The number of fused-ring (bicyclic) bond motifs is 1. The number of aromatic hydroxyl groups is 1. The highest BCUT2D eigenvalue weighted by Crippen LogP contribution is 2.36. The third-order valence-electron chi connectivity index (χ3n) is 4.53. The lowest BCUT2D eigenvalue weighted by atomic mass is 10.1. The van der Waals surface area contributed by atoms with Crippen molar-refractivity contribution in [2.45, 2.75) is 20.0 Å². The van der Waals surface area contributed by atoms with Crippen LogP contribution < -0.4 is 10.1 Å². The lowest BCUT2D eigenvalue weighted by molar-refractivity contribution is -0.122. The smallest absolute Gasteiger partial charge is 0.265 e. The van der Waals surface area contributed by atoms with Crippen molar-refractivity contribution in [3.63, 3.8) is 0 Å². The van der Waals surface area contributed by atoms with E-state index in [1.54, 1.807) is 56.4 Å². The molecule has 9 heteroatoms. The molecule has 0 aliphatic carbocycles. The second-order valence-corrected chi connectivity index (χ2v) is 7.70. The monoisotopic (exact) mass is 457 g/mol. The van der Waals surface area contributed by atoms with Crippen LogP contribution in [0.25, 0.3) is 22.7 Å². The van der Waals surface area contributed by atoms with Gasteiger partial charge in [-0.3, -0.25) is 4.79 Å². The topological polar surface area (TPSA) is 97.5 Å². The van der Waals surface area contributed by atoms with E-state index in [1.807, 2.05) is 0 Å². The fraction of sp³-hybridized carbons (Fsp3) is 0.136. The third kappa shape index (κ3) is 4.42. The van der Waals surface area contributed by atoms with Crippen LogP contribution in [0, 0.1) is 6.92 Å². The standard InChI is InChI=1S/C22H17Cl2N3O4/c1-11-8-14(26-21(29)12(2)30-17-6-5-13(23)9-16(17)24)10-15(19(11)28)22-27-20-18(31-22)4-3-7-25-20/h3-10,12,28H,1-2H3,(H,26,29)/t12-/m0/s1. The number of hydrogen-bond acceptors (Lipinski definition) is 6. The number of anilines is 1. The van der Waals surface area contributed by atoms with Crippen molar-refractivity contribution >= 4 is 46.0 Å². The number of hydrogen-bond donors (Lipinski definition) is 2. The first-order chi connectivity index (χ1) is 14.8. The van der Waals surface area contributed by atoms with Gasteiger partial charge < -0.3 is 19.6 Å². The van der Waals surface area contributed by atoms with Gasteiger partial charge in [0, 0.05) is 16.9 Å². The molecule has 1 amide bonds. The van der Waals surface area contributed by atoms with Crippen LogP contribution in [-0.2, 0) is 4.79 Å². The Morgan fingerprint density at radius 1 is 1.23 bits per heavy atom. The number of carbonyl (C=O) groups excluding carboxylic acids is 1. The maximum absolute atomic E-state index is 12.7. The molecule has 1 atom stereocenters. The number of nitrogens with zero attached hydrogens (tertiary/aromatic N) is 2. The van der Waals surface area contributed by atoms with Gasteiger partial charge >= 0.3 is 0 Å². The maximum Gasteiger partial charge on any atom is 0.265 e. The Hall–Kier alpha value is -3.29. The molecule has 2 heterocycles. The molecule has 0 unspecified atom stereocenters. The summed E-state index contributed by atoms with van der Waals surface area (Å²) in [6, 6.07) is 11.4. The third-order valence-corrected chi connectivity index (χ3v) is 5.06. The van der Waals surface area contributed by atoms with Crippen LogP contribution in [0.2, 0.25) is 10.0 Å². The molecule has 2 aromatic carbocycles. The van der Waals surface area contributed by atoms with E-state index >= 15 is 0 Å². The van der Waals surface area contributed by atoms with Crippen LogP contribution >= 0.6 is 23.2 Å². The normalized spacial score (nSPS) is 12.0. The summed E-state index contributed by atoms with van der Waals surface area (Å²) >= 11 is 12.0. The molecule has 0 radical (unpaired) electrons. The van der Waals surface area contributed by atoms with E-state index in [1.165, 1.54) is 6.07 Å². The van der Waals surface area contributed by atoms with Crippen molar-refractivity contribution in [3.8, 4) is 23.0 Å². The van der Waals surface area contributed by atoms with Gasteiger partial charge in [-0.05, 0) is 61.9 Å². The molecule has 0 aliphatic rings. The number of pyridine rings is 1. The molecule has 0 saturated heterocycles. The Kier molecular flexibility index (Phi) is 5.71. The zero-order chi connectivity index (χ0) is 22.1. The average molecular weight is 458 g/mol. The first-order valence-electron chi connectivity index (χ1n) is 9.30. The number of phenols is 1. The van der Waals surface area contributed by atoms with Crippen LogP contribution in [0.4, 0.5) is 5.69 Å². The van der Waals surface area contributed by atoms with Crippen LogP contribution in [0.1, 0.15) is 12.5 Å². The SMILES string of the molecule is Cc1cc(NC(=O)[C@H](C)Oc2ccc(Cl)cc2Cl)cc(-c2nc3ncccc3o2)c1O. The van der Waals surface area contributed by atoms with E-state index in [2.05, 4.69) is 15.3 Å². The number of halogens is 2. The molecule has 0 aliphatic heterocycles. The first-order valence-corrected chi connectivity index (χ1v) is 10.1. The van der Waals surface area contributed by atoms with Gasteiger partial charge in [-0.15, -0.1) is 0 Å². The fourth-order valence-corrected chi connectivity index (χ4v) is 3.41. The Balaban J connectivity index is 1.57. The summed E-state index contributed by atoms with van der Waals surface area (Å²) in [7, 11) is 0. The summed E-state index contributed by atoms with van der Waals surface area (Å²) in [5, 5.41) is 14.1. The summed E-state index contributed by atoms with van der Waals surface area (Å²) in [5.74, 6) is 0.140. The summed E-state index contributed by atoms with van der Waals surface area (Å²) in [5.41, 5.74) is 2.24. The van der Waals surface area contributed by atoms with E-state index in [-0.39, 0.29) is 11.6 Å².